The summed E-state index contributed by atoms with van der Waals surface area (Å²) in [5.41, 5.74) is 1.71. The molecule has 0 atom stereocenters. The molecule has 0 N–H and O–H groups in total. The summed E-state index contributed by atoms with van der Waals surface area (Å²) in [5.74, 6) is 0.822. The lowest BCUT2D eigenvalue weighted by Gasteiger charge is -2.13. The van der Waals surface area contributed by atoms with Gasteiger partial charge in [-0.25, -0.2) is 4.79 Å². The topological polar surface area (TPSA) is 35.5 Å². The van der Waals surface area contributed by atoms with Crippen LogP contribution in [0.25, 0.3) is 0 Å². The SMILES string of the molecule is CCCCCCCOc1cc(CCCCC)ccc1C(=O)Oc1ccccc1. The summed E-state index contributed by atoms with van der Waals surface area (Å²) in [6.45, 7) is 5.05. The Morgan fingerprint density at radius 2 is 1.54 bits per heavy atom. The van der Waals surface area contributed by atoms with E-state index in [4.69, 9.17) is 9.47 Å². The molecular weight excluding hydrogens is 348 g/mol. The molecule has 3 nitrogen and oxygen atoms in total. The third-order valence-corrected chi connectivity index (χ3v) is 4.79. The van der Waals surface area contributed by atoms with Gasteiger partial charge in [0.2, 0.25) is 0 Å². The molecule has 0 aliphatic heterocycles. The quantitative estimate of drug-likeness (QED) is 0.213. The molecule has 0 spiro atoms. The Labute approximate surface area is 170 Å². The van der Waals surface area contributed by atoms with Crippen molar-refractivity contribution in [1.29, 1.82) is 0 Å². The Morgan fingerprint density at radius 1 is 0.821 bits per heavy atom. The van der Waals surface area contributed by atoms with E-state index in [1.807, 2.05) is 36.4 Å². The lowest BCUT2D eigenvalue weighted by Crippen LogP contribution is -2.12. The molecule has 0 heterocycles. The van der Waals surface area contributed by atoms with Gasteiger partial charge in [0.25, 0.3) is 0 Å². The van der Waals surface area contributed by atoms with Crippen LogP contribution in [0.3, 0.4) is 0 Å². The predicted octanol–water partition coefficient (Wildman–Crippen LogP) is 6.99. The zero-order valence-electron chi connectivity index (χ0n) is 17.4. The zero-order valence-corrected chi connectivity index (χ0v) is 17.4. The number of esters is 1. The molecule has 2 aromatic carbocycles. The largest absolute Gasteiger partial charge is 0.493 e. The van der Waals surface area contributed by atoms with Crippen LogP contribution in [0.2, 0.25) is 0 Å². The van der Waals surface area contributed by atoms with Gasteiger partial charge in [-0.2, -0.15) is 0 Å². The first-order chi connectivity index (χ1) is 13.7. The van der Waals surface area contributed by atoms with E-state index in [1.165, 1.54) is 37.7 Å². The third kappa shape index (κ3) is 7.75. The number of hydrogen-bond donors (Lipinski definition) is 0. The summed E-state index contributed by atoms with van der Waals surface area (Å²) in [4.78, 5) is 12.7. The Balaban J connectivity index is 2.04. The molecule has 152 valence electrons. The second-order valence-corrected chi connectivity index (χ2v) is 7.25. The number of ether oxygens (including phenoxy) is 2. The molecule has 0 bridgehead atoms. The van der Waals surface area contributed by atoms with Gasteiger partial charge in [-0.15, -0.1) is 0 Å². The molecule has 3 heteroatoms. The predicted molar refractivity (Wildman–Crippen MR) is 115 cm³/mol. The minimum Gasteiger partial charge on any atom is -0.493 e. The van der Waals surface area contributed by atoms with Crippen LogP contribution in [0.15, 0.2) is 48.5 Å². The number of rotatable bonds is 13. The fourth-order valence-electron chi connectivity index (χ4n) is 3.13. The van der Waals surface area contributed by atoms with E-state index in [1.54, 1.807) is 12.1 Å². The maximum Gasteiger partial charge on any atom is 0.347 e. The minimum atomic E-state index is -0.368. The first-order valence-electron chi connectivity index (χ1n) is 10.8. The van der Waals surface area contributed by atoms with Crippen LogP contribution in [0.1, 0.15) is 81.1 Å². The second kappa shape index (κ2) is 13.0. The van der Waals surface area contributed by atoms with E-state index >= 15 is 0 Å². The van der Waals surface area contributed by atoms with Crippen molar-refractivity contribution in [2.45, 2.75) is 71.6 Å². The molecule has 28 heavy (non-hydrogen) atoms. The minimum absolute atomic E-state index is 0.368. The van der Waals surface area contributed by atoms with Gasteiger partial charge < -0.3 is 9.47 Å². The summed E-state index contributed by atoms with van der Waals surface area (Å²) in [6.07, 6.45) is 10.5. The van der Waals surface area contributed by atoms with Crippen LogP contribution in [0.4, 0.5) is 0 Å². The smallest absolute Gasteiger partial charge is 0.347 e. The molecule has 0 aliphatic rings. The van der Waals surface area contributed by atoms with Crippen LogP contribution in [-0.4, -0.2) is 12.6 Å². The van der Waals surface area contributed by atoms with Crippen LogP contribution < -0.4 is 9.47 Å². The average Bonchev–Trinajstić information content (AvgIpc) is 2.71. The molecule has 0 saturated heterocycles. The number of carbonyl (C=O) groups excluding carboxylic acids is 1. The Kier molecular flexibility index (Phi) is 10.2. The lowest BCUT2D eigenvalue weighted by molar-refractivity contribution is 0.0730. The maximum atomic E-state index is 12.7. The van der Waals surface area contributed by atoms with Crippen molar-refractivity contribution >= 4 is 5.97 Å². The monoisotopic (exact) mass is 382 g/mol. The van der Waals surface area contributed by atoms with Gasteiger partial charge in [0.05, 0.1) is 6.61 Å². The Hall–Kier alpha value is -2.29. The van der Waals surface area contributed by atoms with Gasteiger partial charge in [-0.05, 0) is 49.1 Å². The number of hydrogen-bond acceptors (Lipinski definition) is 3. The van der Waals surface area contributed by atoms with E-state index in [2.05, 4.69) is 13.8 Å². The van der Waals surface area contributed by atoms with Crippen molar-refractivity contribution in [2.75, 3.05) is 6.61 Å². The van der Waals surface area contributed by atoms with Crippen molar-refractivity contribution in [2.24, 2.45) is 0 Å². The van der Waals surface area contributed by atoms with Crippen molar-refractivity contribution < 1.29 is 14.3 Å². The summed E-state index contributed by atoms with van der Waals surface area (Å²) in [5, 5.41) is 0. The van der Waals surface area contributed by atoms with E-state index in [0.717, 1.165) is 25.7 Å². The molecule has 0 aliphatic carbocycles. The van der Waals surface area contributed by atoms with Gasteiger partial charge in [0, 0.05) is 0 Å². The summed E-state index contributed by atoms with van der Waals surface area (Å²) < 4.78 is 11.5. The van der Waals surface area contributed by atoms with E-state index < -0.39 is 0 Å². The van der Waals surface area contributed by atoms with Crippen LogP contribution in [0.5, 0.6) is 11.5 Å². The Morgan fingerprint density at radius 3 is 2.29 bits per heavy atom. The highest BCUT2D eigenvalue weighted by Crippen LogP contribution is 2.24. The molecule has 0 radical (unpaired) electrons. The first-order valence-corrected chi connectivity index (χ1v) is 10.8. The number of carbonyl (C=O) groups is 1. The molecule has 2 rings (SSSR count). The fraction of sp³-hybridized carbons (Fsp3) is 0.480. The molecule has 2 aromatic rings. The molecular formula is C25H34O3. The van der Waals surface area contributed by atoms with E-state index in [-0.39, 0.29) is 5.97 Å². The third-order valence-electron chi connectivity index (χ3n) is 4.79. The summed E-state index contributed by atoms with van der Waals surface area (Å²) >= 11 is 0. The zero-order chi connectivity index (χ0) is 20.0. The molecule has 0 saturated carbocycles. The summed E-state index contributed by atoms with van der Waals surface area (Å²) in [7, 11) is 0. The van der Waals surface area contributed by atoms with E-state index in [9.17, 15) is 4.79 Å². The van der Waals surface area contributed by atoms with Gasteiger partial charge in [0.1, 0.15) is 17.1 Å². The highest BCUT2D eigenvalue weighted by atomic mass is 16.5. The standard InChI is InChI=1S/C25H34O3/c1-3-5-7-8-13-19-27-24-20-21(14-10-6-4-2)17-18-23(24)25(26)28-22-15-11-9-12-16-22/h9,11-12,15-18,20H,3-8,10,13-14,19H2,1-2H3. The molecule has 0 unspecified atom stereocenters. The first kappa shape index (κ1) is 22.0. The van der Waals surface area contributed by atoms with Crippen molar-refractivity contribution in [3.8, 4) is 11.5 Å². The van der Waals surface area contributed by atoms with Crippen molar-refractivity contribution in [3.63, 3.8) is 0 Å². The van der Waals surface area contributed by atoms with Crippen LogP contribution in [-0.2, 0) is 6.42 Å². The normalized spacial score (nSPS) is 10.6. The summed E-state index contributed by atoms with van der Waals surface area (Å²) in [6, 6.07) is 15.1. The van der Waals surface area contributed by atoms with E-state index in [0.29, 0.717) is 23.7 Å². The molecule has 0 amide bonds. The molecule has 0 fully saturated rings. The highest BCUT2D eigenvalue weighted by Gasteiger charge is 2.16. The maximum absolute atomic E-state index is 12.7. The van der Waals surface area contributed by atoms with Gasteiger partial charge in [-0.1, -0.05) is 76.6 Å². The number of aryl methyl sites for hydroxylation is 1. The number of unbranched alkanes of at least 4 members (excludes halogenated alkanes) is 6. The molecule has 0 aromatic heterocycles. The second-order valence-electron chi connectivity index (χ2n) is 7.25. The average molecular weight is 383 g/mol. The van der Waals surface area contributed by atoms with Gasteiger partial charge in [0.15, 0.2) is 0 Å². The van der Waals surface area contributed by atoms with Gasteiger partial charge >= 0.3 is 5.97 Å². The number of para-hydroxylation sites is 1. The van der Waals surface area contributed by atoms with Crippen LogP contribution >= 0.6 is 0 Å². The van der Waals surface area contributed by atoms with Crippen LogP contribution in [0, 0.1) is 0 Å². The van der Waals surface area contributed by atoms with Crippen molar-refractivity contribution in [3.05, 3.63) is 59.7 Å². The number of benzene rings is 2. The van der Waals surface area contributed by atoms with Gasteiger partial charge in [-0.3, -0.25) is 0 Å². The fourth-order valence-corrected chi connectivity index (χ4v) is 3.13. The van der Waals surface area contributed by atoms with Crippen molar-refractivity contribution in [1.82, 2.24) is 0 Å². The lowest BCUT2D eigenvalue weighted by atomic mass is 10.0. The highest BCUT2D eigenvalue weighted by molar-refractivity contribution is 5.94. The Bertz CT molecular complexity index is 694.